The summed E-state index contributed by atoms with van der Waals surface area (Å²) in [5.41, 5.74) is -0.0667. The van der Waals surface area contributed by atoms with E-state index in [9.17, 15) is 9.90 Å². The number of hydrogen-bond acceptors (Lipinski definition) is 3. The van der Waals surface area contributed by atoms with Crippen LogP contribution in [0.4, 0.5) is 0 Å². The minimum atomic E-state index is -0.862. The number of benzene rings is 1. The topological polar surface area (TPSA) is 69.6 Å². The number of nitrogens with one attached hydrogen (secondary N) is 1. The summed E-state index contributed by atoms with van der Waals surface area (Å²) < 4.78 is 0. The second-order valence-corrected chi connectivity index (χ2v) is 4.74. The predicted molar refractivity (Wildman–Crippen MR) is 66.0 cm³/mol. The minimum absolute atomic E-state index is 0.309. The first kappa shape index (κ1) is 13.7. The molecule has 1 unspecified atom stereocenters. The summed E-state index contributed by atoms with van der Waals surface area (Å²) in [5.74, 6) is -1.45. The molecule has 94 valence electrons. The molecule has 0 aromatic heterocycles. The van der Waals surface area contributed by atoms with Crippen LogP contribution in [0.2, 0.25) is 0 Å². The molecule has 0 spiro atoms. The van der Waals surface area contributed by atoms with Crippen molar-refractivity contribution >= 4 is 5.97 Å². The summed E-state index contributed by atoms with van der Waals surface area (Å²) >= 11 is 0. The van der Waals surface area contributed by atoms with Crippen LogP contribution in [0.25, 0.3) is 0 Å². The van der Waals surface area contributed by atoms with Crippen LogP contribution in [-0.4, -0.2) is 34.9 Å². The molecule has 3 N–H and O–H groups in total. The van der Waals surface area contributed by atoms with Crippen LogP contribution in [0.5, 0.6) is 0 Å². The van der Waals surface area contributed by atoms with Gasteiger partial charge in [-0.25, -0.2) is 0 Å². The summed E-state index contributed by atoms with van der Waals surface area (Å²) in [5, 5.41) is 21.7. The van der Waals surface area contributed by atoms with E-state index < -0.39 is 17.5 Å². The number of aliphatic carboxylic acids is 1. The molecule has 1 aromatic carbocycles. The van der Waals surface area contributed by atoms with Crippen LogP contribution in [0, 0.1) is 0 Å². The standard InChI is InChI=1S/C13H19NO3/c1-13(2,17)9-14-8-11(12(15)16)10-6-4-3-5-7-10/h3-7,11,14,17H,8-9H2,1-2H3,(H,15,16). The second-order valence-electron chi connectivity index (χ2n) is 4.74. The maximum absolute atomic E-state index is 11.2. The highest BCUT2D eigenvalue weighted by Crippen LogP contribution is 2.14. The van der Waals surface area contributed by atoms with E-state index in [1.54, 1.807) is 26.0 Å². The fraction of sp³-hybridized carbons (Fsp3) is 0.462. The van der Waals surface area contributed by atoms with Crippen LogP contribution in [0.1, 0.15) is 25.3 Å². The van der Waals surface area contributed by atoms with Crippen molar-refractivity contribution in [2.75, 3.05) is 13.1 Å². The minimum Gasteiger partial charge on any atom is -0.481 e. The fourth-order valence-corrected chi connectivity index (χ4v) is 1.56. The Morgan fingerprint density at radius 1 is 1.35 bits per heavy atom. The van der Waals surface area contributed by atoms with Crippen molar-refractivity contribution in [3.63, 3.8) is 0 Å². The largest absolute Gasteiger partial charge is 0.481 e. The van der Waals surface area contributed by atoms with Gasteiger partial charge in [0.2, 0.25) is 0 Å². The predicted octanol–water partition coefficient (Wildman–Crippen LogP) is 1.22. The first-order chi connectivity index (χ1) is 7.90. The van der Waals surface area contributed by atoms with Crippen molar-refractivity contribution in [1.82, 2.24) is 5.32 Å². The average molecular weight is 237 g/mol. The molecule has 4 heteroatoms. The van der Waals surface area contributed by atoms with E-state index in [1.165, 1.54) is 0 Å². The molecule has 1 rings (SSSR count). The zero-order chi connectivity index (χ0) is 12.9. The molecule has 0 bridgehead atoms. The molecule has 0 saturated heterocycles. The van der Waals surface area contributed by atoms with Crippen LogP contribution in [0.3, 0.4) is 0 Å². The highest BCUT2D eigenvalue weighted by molar-refractivity contribution is 5.76. The fourth-order valence-electron chi connectivity index (χ4n) is 1.56. The third kappa shape index (κ3) is 4.97. The van der Waals surface area contributed by atoms with E-state index in [0.29, 0.717) is 13.1 Å². The Balaban J connectivity index is 2.60. The third-order valence-electron chi connectivity index (χ3n) is 2.41. The summed E-state index contributed by atoms with van der Waals surface area (Å²) in [4.78, 5) is 11.2. The van der Waals surface area contributed by atoms with Crippen molar-refractivity contribution in [2.45, 2.75) is 25.4 Å². The van der Waals surface area contributed by atoms with Crippen LogP contribution >= 0.6 is 0 Å². The summed E-state index contributed by atoms with van der Waals surface area (Å²) in [6.45, 7) is 4.03. The number of carboxylic acids is 1. The van der Waals surface area contributed by atoms with Crippen molar-refractivity contribution in [3.8, 4) is 0 Å². The first-order valence-electron chi connectivity index (χ1n) is 5.61. The van der Waals surface area contributed by atoms with Gasteiger partial charge in [-0.15, -0.1) is 0 Å². The highest BCUT2D eigenvalue weighted by atomic mass is 16.4. The van der Waals surface area contributed by atoms with Gasteiger partial charge in [-0.05, 0) is 19.4 Å². The Hall–Kier alpha value is -1.39. The number of carbonyl (C=O) groups is 1. The monoisotopic (exact) mass is 237 g/mol. The van der Waals surface area contributed by atoms with Gasteiger partial charge in [0.1, 0.15) is 0 Å². The van der Waals surface area contributed by atoms with Crippen molar-refractivity contribution in [2.24, 2.45) is 0 Å². The molecule has 4 nitrogen and oxygen atoms in total. The number of rotatable bonds is 6. The van der Waals surface area contributed by atoms with E-state index in [-0.39, 0.29) is 0 Å². The lowest BCUT2D eigenvalue weighted by molar-refractivity contribution is -0.138. The van der Waals surface area contributed by atoms with Gasteiger partial charge in [0.25, 0.3) is 0 Å². The number of hydrogen-bond donors (Lipinski definition) is 3. The van der Waals surface area contributed by atoms with E-state index in [0.717, 1.165) is 5.56 Å². The van der Waals surface area contributed by atoms with Gasteiger partial charge in [-0.2, -0.15) is 0 Å². The molecule has 1 aromatic rings. The SMILES string of the molecule is CC(C)(O)CNCC(C(=O)O)c1ccccc1. The molecular weight excluding hydrogens is 218 g/mol. The summed E-state index contributed by atoms with van der Waals surface area (Å²) in [6.07, 6.45) is 0. The highest BCUT2D eigenvalue weighted by Gasteiger charge is 2.20. The van der Waals surface area contributed by atoms with Gasteiger partial charge in [-0.1, -0.05) is 30.3 Å². The Morgan fingerprint density at radius 3 is 2.41 bits per heavy atom. The van der Waals surface area contributed by atoms with Gasteiger partial charge < -0.3 is 15.5 Å². The molecule has 0 heterocycles. The summed E-state index contributed by atoms with van der Waals surface area (Å²) in [7, 11) is 0. The molecule has 0 aliphatic heterocycles. The Labute approximate surface area is 101 Å². The third-order valence-corrected chi connectivity index (χ3v) is 2.41. The van der Waals surface area contributed by atoms with Gasteiger partial charge in [0.15, 0.2) is 0 Å². The average Bonchev–Trinajstić information content (AvgIpc) is 2.23. The molecule has 0 saturated carbocycles. The molecule has 0 aliphatic carbocycles. The molecule has 17 heavy (non-hydrogen) atoms. The smallest absolute Gasteiger partial charge is 0.312 e. The molecule has 0 fully saturated rings. The van der Waals surface area contributed by atoms with Crippen molar-refractivity contribution in [3.05, 3.63) is 35.9 Å². The first-order valence-corrected chi connectivity index (χ1v) is 5.61. The second kappa shape index (κ2) is 5.80. The maximum Gasteiger partial charge on any atom is 0.312 e. The quantitative estimate of drug-likeness (QED) is 0.695. The normalized spacial score (nSPS) is 13.4. The Bertz CT molecular complexity index is 357. The lowest BCUT2D eigenvalue weighted by atomic mass is 9.99. The van der Waals surface area contributed by atoms with E-state index in [2.05, 4.69) is 5.32 Å². The van der Waals surface area contributed by atoms with Crippen LogP contribution in [-0.2, 0) is 4.79 Å². The molecule has 0 amide bonds. The van der Waals surface area contributed by atoms with Gasteiger partial charge in [0.05, 0.1) is 11.5 Å². The Kier molecular flexibility index (Phi) is 4.66. The van der Waals surface area contributed by atoms with Crippen LogP contribution in [0.15, 0.2) is 30.3 Å². The molecular formula is C13H19NO3. The molecule has 0 aliphatic rings. The lowest BCUT2D eigenvalue weighted by Gasteiger charge is -2.20. The van der Waals surface area contributed by atoms with Gasteiger partial charge in [0, 0.05) is 13.1 Å². The van der Waals surface area contributed by atoms with E-state index in [4.69, 9.17) is 5.11 Å². The maximum atomic E-state index is 11.2. The zero-order valence-electron chi connectivity index (χ0n) is 10.2. The van der Waals surface area contributed by atoms with Crippen molar-refractivity contribution in [1.29, 1.82) is 0 Å². The van der Waals surface area contributed by atoms with Crippen LogP contribution < -0.4 is 5.32 Å². The van der Waals surface area contributed by atoms with Gasteiger partial charge in [-0.3, -0.25) is 4.79 Å². The zero-order valence-corrected chi connectivity index (χ0v) is 10.2. The van der Waals surface area contributed by atoms with Crippen molar-refractivity contribution < 1.29 is 15.0 Å². The summed E-state index contributed by atoms with van der Waals surface area (Å²) in [6, 6.07) is 9.09. The molecule has 0 radical (unpaired) electrons. The molecule has 1 atom stereocenters. The van der Waals surface area contributed by atoms with E-state index >= 15 is 0 Å². The lowest BCUT2D eigenvalue weighted by Crippen LogP contribution is -2.38. The Morgan fingerprint density at radius 2 is 1.94 bits per heavy atom. The number of aliphatic hydroxyl groups is 1. The van der Waals surface area contributed by atoms with Gasteiger partial charge >= 0.3 is 5.97 Å². The number of carboxylic acid groups (broad SMARTS) is 1. The van der Waals surface area contributed by atoms with E-state index in [1.807, 2.05) is 18.2 Å².